The molecule has 23 heavy (non-hydrogen) atoms. The number of carbonyl (C=O) groups is 1. The van der Waals surface area contributed by atoms with Crippen molar-refractivity contribution in [1.29, 1.82) is 0 Å². The summed E-state index contributed by atoms with van der Waals surface area (Å²) in [6.45, 7) is 2.26. The quantitative estimate of drug-likeness (QED) is 0.775. The molecule has 1 saturated heterocycles. The minimum absolute atomic E-state index is 0.415. The van der Waals surface area contributed by atoms with E-state index in [4.69, 9.17) is 21.1 Å². The number of halogens is 1. The fourth-order valence-electron chi connectivity index (χ4n) is 3.70. The minimum atomic E-state index is -1.02. The third-order valence-corrected chi connectivity index (χ3v) is 5.39. The number of carbonyl (C=O) groups excluding carboxylic acids is 1. The molecule has 0 spiro atoms. The van der Waals surface area contributed by atoms with Crippen LogP contribution < -0.4 is 4.90 Å². The highest BCUT2D eigenvalue weighted by Crippen LogP contribution is 2.39. The Morgan fingerprint density at radius 2 is 2.09 bits per heavy atom. The van der Waals surface area contributed by atoms with Gasteiger partial charge in [0, 0.05) is 17.8 Å². The molecule has 2 unspecified atom stereocenters. The van der Waals surface area contributed by atoms with Crippen LogP contribution >= 0.6 is 11.6 Å². The fourth-order valence-corrected chi connectivity index (χ4v) is 4.03. The Bertz CT molecular complexity index is 573. The largest absolute Gasteiger partial charge is 0.354 e. The summed E-state index contributed by atoms with van der Waals surface area (Å²) in [5.41, 5.74) is 1.10. The van der Waals surface area contributed by atoms with Crippen LogP contribution in [0, 0.1) is 0 Å². The smallest absolute Gasteiger partial charge is 0.198 e. The van der Waals surface area contributed by atoms with Crippen molar-refractivity contribution >= 4 is 23.6 Å². The molecule has 0 N–H and O–H groups in total. The van der Waals surface area contributed by atoms with E-state index in [1.807, 2.05) is 17.0 Å². The average Bonchev–Trinajstić information content (AvgIpc) is 2.93. The molecule has 2 aliphatic rings. The predicted molar refractivity (Wildman–Crippen MR) is 91.0 cm³/mol. The Kier molecular flexibility index (Phi) is 4.95. The fraction of sp³-hybridized carbons (Fsp3) is 0.611. The Morgan fingerprint density at radius 1 is 1.35 bits per heavy atom. The normalized spacial score (nSPS) is 29.0. The first-order valence-corrected chi connectivity index (χ1v) is 8.69. The van der Waals surface area contributed by atoms with Crippen LogP contribution in [0.15, 0.2) is 18.2 Å². The van der Waals surface area contributed by atoms with E-state index >= 15 is 0 Å². The van der Waals surface area contributed by atoms with Crippen molar-refractivity contribution in [2.45, 2.75) is 57.0 Å². The van der Waals surface area contributed by atoms with Gasteiger partial charge in [0.25, 0.3) is 0 Å². The lowest BCUT2D eigenvalue weighted by Gasteiger charge is -2.31. The maximum absolute atomic E-state index is 11.5. The zero-order chi connectivity index (χ0) is 16.4. The highest BCUT2D eigenvalue weighted by molar-refractivity contribution is 6.31. The number of ether oxygens (including phenoxy) is 2. The van der Waals surface area contributed by atoms with Gasteiger partial charge in [-0.25, -0.2) is 0 Å². The topological polar surface area (TPSA) is 38.8 Å². The van der Waals surface area contributed by atoms with Gasteiger partial charge in [-0.15, -0.1) is 0 Å². The van der Waals surface area contributed by atoms with E-state index in [1.54, 1.807) is 14.0 Å². The molecule has 0 amide bonds. The summed E-state index contributed by atoms with van der Waals surface area (Å²) < 4.78 is 10.9. The van der Waals surface area contributed by atoms with E-state index in [9.17, 15) is 4.79 Å². The van der Waals surface area contributed by atoms with Crippen LogP contribution in [0.1, 0.15) is 50.5 Å². The first-order chi connectivity index (χ1) is 11.1. The predicted octanol–water partition coefficient (Wildman–Crippen LogP) is 4.11. The van der Waals surface area contributed by atoms with Gasteiger partial charge < -0.3 is 14.4 Å². The van der Waals surface area contributed by atoms with Gasteiger partial charge in [-0.2, -0.15) is 0 Å². The standard InChI is InChI=1S/C18H24ClNO3/c1-18(12-21)20(11-17(22-2)23-18)14-8-9-15(16(19)10-14)13-6-4-3-5-7-13/h8-10,12-13,17H,3-7,11H2,1-2H3. The summed E-state index contributed by atoms with van der Waals surface area (Å²) in [6.07, 6.45) is 6.71. The maximum Gasteiger partial charge on any atom is 0.198 e. The monoisotopic (exact) mass is 337 g/mol. The van der Waals surface area contributed by atoms with E-state index in [2.05, 4.69) is 6.07 Å². The van der Waals surface area contributed by atoms with Gasteiger partial charge in [-0.1, -0.05) is 36.9 Å². The van der Waals surface area contributed by atoms with Gasteiger partial charge in [-0.3, -0.25) is 4.79 Å². The van der Waals surface area contributed by atoms with E-state index in [-0.39, 0.29) is 0 Å². The van der Waals surface area contributed by atoms with Crippen LogP contribution in [-0.4, -0.2) is 32.0 Å². The van der Waals surface area contributed by atoms with Crippen LogP contribution in [0.4, 0.5) is 5.69 Å². The van der Waals surface area contributed by atoms with Gasteiger partial charge in [0.15, 0.2) is 18.3 Å². The van der Waals surface area contributed by atoms with E-state index < -0.39 is 12.0 Å². The molecular weight excluding hydrogens is 314 g/mol. The molecule has 5 heteroatoms. The molecule has 1 saturated carbocycles. The number of aldehydes is 1. The van der Waals surface area contributed by atoms with Gasteiger partial charge in [0.1, 0.15) is 0 Å². The average molecular weight is 338 g/mol. The molecule has 1 aromatic carbocycles. The minimum Gasteiger partial charge on any atom is -0.354 e. The summed E-state index contributed by atoms with van der Waals surface area (Å²) in [7, 11) is 1.58. The number of hydrogen-bond acceptors (Lipinski definition) is 4. The Labute approximate surface area is 142 Å². The molecule has 2 atom stereocenters. The molecule has 0 radical (unpaired) electrons. The van der Waals surface area contributed by atoms with Gasteiger partial charge in [0.05, 0.1) is 6.54 Å². The van der Waals surface area contributed by atoms with Crippen molar-refractivity contribution in [2.75, 3.05) is 18.6 Å². The Hall–Kier alpha value is -1.10. The molecule has 0 bridgehead atoms. The summed E-state index contributed by atoms with van der Waals surface area (Å²) >= 11 is 6.56. The number of methoxy groups -OCH3 is 1. The van der Waals surface area contributed by atoms with Crippen molar-refractivity contribution < 1.29 is 14.3 Å². The first kappa shape index (κ1) is 16.7. The molecule has 2 fully saturated rings. The van der Waals surface area contributed by atoms with Crippen molar-refractivity contribution in [3.63, 3.8) is 0 Å². The third kappa shape index (κ3) is 3.25. The van der Waals surface area contributed by atoms with Crippen molar-refractivity contribution in [3.8, 4) is 0 Å². The number of anilines is 1. The number of nitrogens with zero attached hydrogens (tertiary/aromatic N) is 1. The first-order valence-electron chi connectivity index (χ1n) is 8.31. The third-order valence-electron chi connectivity index (χ3n) is 5.06. The van der Waals surface area contributed by atoms with Crippen LogP contribution in [0.25, 0.3) is 0 Å². The van der Waals surface area contributed by atoms with E-state index in [0.717, 1.165) is 17.0 Å². The molecule has 3 rings (SSSR count). The van der Waals surface area contributed by atoms with E-state index in [0.29, 0.717) is 12.5 Å². The molecule has 126 valence electrons. The maximum atomic E-state index is 11.5. The molecular formula is C18H24ClNO3. The summed E-state index contributed by atoms with van der Waals surface area (Å²) in [5, 5.41) is 0.781. The van der Waals surface area contributed by atoms with Gasteiger partial charge in [-0.05, 0) is 43.4 Å². The van der Waals surface area contributed by atoms with Crippen LogP contribution in [-0.2, 0) is 14.3 Å². The molecule has 1 aromatic rings. The lowest BCUT2D eigenvalue weighted by molar-refractivity contribution is -0.155. The summed E-state index contributed by atoms with van der Waals surface area (Å²) in [4.78, 5) is 13.4. The highest BCUT2D eigenvalue weighted by atomic mass is 35.5. The van der Waals surface area contributed by atoms with Crippen LogP contribution in [0.5, 0.6) is 0 Å². The zero-order valence-corrected chi connectivity index (χ0v) is 14.5. The lowest BCUT2D eigenvalue weighted by Crippen LogP contribution is -2.43. The highest BCUT2D eigenvalue weighted by Gasteiger charge is 2.43. The number of rotatable bonds is 4. The lowest BCUT2D eigenvalue weighted by atomic mass is 9.84. The van der Waals surface area contributed by atoms with E-state index in [1.165, 1.54) is 37.7 Å². The van der Waals surface area contributed by atoms with Crippen molar-refractivity contribution in [2.24, 2.45) is 0 Å². The molecule has 4 nitrogen and oxygen atoms in total. The molecule has 0 aromatic heterocycles. The second-order valence-electron chi connectivity index (χ2n) is 6.61. The zero-order valence-electron chi connectivity index (χ0n) is 13.8. The van der Waals surface area contributed by atoms with Crippen LogP contribution in [0.2, 0.25) is 5.02 Å². The summed E-state index contributed by atoms with van der Waals surface area (Å²) in [5.74, 6) is 0.560. The second kappa shape index (κ2) is 6.80. The van der Waals surface area contributed by atoms with Gasteiger partial charge in [0.2, 0.25) is 0 Å². The summed E-state index contributed by atoms with van der Waals surface area (Å²) in [6, 6.07) is 6.10. The van der Waals surface area contributed by atoms with Crippen molar-refractivity contribution in [3.05, 3.63) is 28.8 Å². The molecule has 1 heterocycles. The molecule has 1 aliphatic carbocycles. The van der Waals surface area contributed by atoms with Gasteiger partial charge >= 0.3 is 0 Å². The SMILES string of the molecule is COC1CN(c2ccc(C3CCCCC3)c(Cl)c2)C(C)(C=O)O1. The second-order valence-corrected chi connectivity index (χ2v) is 7.01. The Morgan fingerprint density at radius 3 is 2.70 bits per heavy atom. The van der Waals surface area contributed by atoms with Crippen molar-refractivity contribution in [1.82, 2.24) is 0 Å². The van der Waals surface area contributed by atoms with Crippen LogP contribution in [0.3, 0.4) is 0 Å². The Balaban J connectivity index is 1.85. The molecule has 1 aliphatic heterocycles. The number of hydrogen-bond donors (Lipinski definition) is 0. The number of benzene rings is 1.